The topological polar surface area (TPSA) is 34.1 Å². The van der Waals surface area contributed by atoms with Crippen molar-refractivity contribution in [1.29, 1.82) is 0 Å². The fourth-order valence-electron chi connectivity index (χ4n) is 1.54. The van der Waals surface area contributed by atoms with Crippen molar-refractivity contribution in [3.8, 4) is 0 Å². The number of hydrogen-bond acceptors (Lipinski definition) is 2. The van der Waals surface area contributed by atoms with Crippen molar-refractivity contribution < 1.29 is 9.00 Å². The van der Waals surface area contributed by atoms with Crippen LogP contribution in [0.4, 0.5) is 0 Å². The molecule has 2 nitrogen and oxygen atoms in total. The molecule has 1 aliphatic rings. The molecule has 1 aromatic rings. The standard InChI is InChI=1S/C10H10O2S/c1-7-6-9(11)8-4-2-3-5-10(8)13(7)12/h2-5,7H,6H2,1H3/t7-,13+/m0/s1. The zero-order chi connectivity index (χ0) is 9.42. The smallest absolute Gasteiger partial charge is 0.165 e. The second-order valence-electron chi connectivity index (χ2n) is 3.23. The lowest BCUT2D eigenvalue weighted by Gasteiger charge is -2.19. The molecule has 0 radical (unpaired) electrons. The summed E-state index contributed by atoms with van der Waals surface area (Å²) in [6.07, 6.45) is 0.406. The molecule has 3 heteroatoms. The number of ketones is 1. The zero-order valence-electron chi connectivity index (χ0n) is 7.32. The second-order valence-corrected chi connectivity index (χ2v) is 5.07. The molecule has 0 aromatic heterocycles. The molecule has 0 saturated carbocycles. The molecule has 13 heavy (non-hydrogen) atoms. The summed E-state index contributed by atoms with van der Waals surface area (Å²) in [5, 5.41) is -0.0394. The van der Waals surface area contributed by atoms with Gasteiger partial charge in [0.15, 0.2) is 5.78 Å². The minimum atomic E-state index is -1.00. The van der Waals surface area contributed by atoms with Crippen LogP contribution in [0.3, 0.4) is 0 Å². The Bertz CT molecular complexity index is 384. The summed E-state index contributed by atoms with van der Waals surface area (Å²) < 4.78 is 11.7. The van der Waals surface area contributed by atoms with E-state index in [9.17, 15) is 9.00 Å². The molecule has 0 amide bonds. The third-order valence-corrected chi connectivity index (χ3v) is 3.93. The summed E-state index contributed by atoms with van der Waals surface area (Å²) in [4.78, 5) is 12.2. The predicted octanol–water partition coefficient (Wildman–Crippen LogP) is 1.77. The van der Waals surface area contributed by atoms with Crippen LogP contribution in [0.1, 0.15) is 23.7 Å². The highest BCUT2D eigenvalue weighted by atomic mass is 32.2. The normalized spacial score (nSPS) is 27.0. The Labute approximate surface area is 79.4 Å². The van der Waals surface area contributed by atoms with E-state index < -0.39 is 10.8 Å². The summed E-state index contributed by atoms with van der Waals surface area (Å²) in [5.41, 5.74) is 0.638. The minimum absolute atomic E-state index is 0.0394. The van der Waals surface area contributed by atoms with Crippen molar-refractivity contribution in [3.63, 3.8) is 0 Å². The maximum Gasteiger partial charge on any atom is 0.165 e. The van der Waals surface area contributed by atoms with Gasteiger partial charge < -0.3 is 0 Å². The van der Waals surface area contributed by atoms with Gasteiger partial charge in [-0.25, -0.2) is 0 Å². The van der Waals surface area contributed by atoms with E-state index in [4.69, 9.17) is 0 Å². The number of benzene rings is 1. The molecule has 0 N–H and O–H groups in total. The van der Waals surface area contributed by atoms with Crippen molar-refractivity contribution >= 4 is 16.6 Å². The van der Waals surface area contributed by atoms with E-state index in [2.05, 4.69) is 0 Å². The Morgan fingerprint density at radius 3 is 2.85 bits per heavy atom. The number of carbonyl (C=O) groups is 1. The summed E-state index contributed by atoms with van der Waals surface area (Å²) in [6, 6.07) is 7.16. The number of rotatable bonds is 0. The average Bonchev–Trinajstić information content (AvgIpc) is 2.15. The maximum atomic E-state index is 11.7. The molecule has 68 valence electrons. The molecular formula is C10H10O2S. The highest BCUT2D eigenvalue weighted by Gasteiger charge is 2.27. The van der Waals surface area contributed by atoms with Gasteiger partial charge >= 0.3 is 0 Å². The first-order valence-electron chi connectivity index (χ1n) is 4.23. The number of hydrogen-bond donors (Lipinski definition) is 0. The first-order chi connectivity index (χ1) is 6.20. The van der Waals surface area contributed by atoms with Gasteiger partial charge in [-0.3, -0.25) is 9.00 Å². The molecule has 0 saturated heterocycles. The van der Waals surface area contributed by atoms with Gasteiger partial charge in [0.05, 0.1) is 10.8 Å². The van der Waals surface area contributed by atoms with E-state index in [1.54, 1.807) is 12.1 Å². The van der Waals surface area contributed by atoms with Crippen LogP contribution in [0.2, 0.25) is 0 Å². The lowest BCUT2D eigenvalue weighted by atomic mass is 10.1. The molecule has 1 heterocycles. The van der Waals surface area contributed by atoms with Gasteiger partial charge in [0.25, 0.3) is 0 Å². The summed E-state index contributed by atoms with van der Waals surface area (Å²) in [5.74, 6) is 0.114. The van der Waals surface area contributed by atoms with Gasteiger partial charge in [0.2, 0.25) is 0 Å². The maximum absolute atomic E-state index is 11.7. The average molecular weight is 194 g/mol. The van der Waals surface area contributed by atoms with Crippen LogP contribution in [-0.4, -0.2) is 15.2 Å². The van der Waals surface area contributed by atoms with Crippen molar-refractivity contribution in [2.45, 2.75) is 23.5 Å². The van der Waals surface area contributed by atoms with E-state index >= 15 is 0 Å². The summed E-state index contributed by atoms with van der Waals surface area (Å²) >= 11 is 0. The summed E-state index contributed by atoms with van der Waals surface area (Å²) in [6.45, 7) is 1.85. The quantitative estimate of drug-likeness (QED) is 0.630. The first kappa shape index (κ1) is 8.63. The monoisotopic (exact) mass is 194 g/mol. The highest BCUT2D eigenvalue weighted by molar-refractivity contribution is 7.86. The van der Waals surface area contributed by atoms with Crippen LogP contribution in [-0.2, 0) is 10.8 Å². The van der Waals surface area contributed by atoms with Gasteiger partial charge in [0.1, 0.15) is 0 Å². The minimum Gasteiger partial charge on any atom is -0.294 e. The van der Waals surface area contributed by atoms with Gasteiger partial charge in [-0.15, -0.1) is 0 Å². The van der Waals surface area contributed by atoms with Crippen molar-refractivity contribution in [1.82, 2.24) is 0 Å². The van der Waals surface area contributed by atoms with Crippen LogP contribution in [0.25, 0.3) is 0 Å². The first-order valence-corrected chi connectivity index (χ1v) is 5.44. The van der Waals surface area contributed by atoms with E-state index in [0.717, 1.165) is 0 Å². The highest BCUT2D eigenvalue weighted by Crippen LogP contribution is 2.25. The molecule has 1 aliphatic heterocycles. The number of carbonyl (C=O) groups excluding carboxylic acids is 1. The molecule has 2 atom stereocenters. The van der Waals surface area contributed by atoms with Crippen LogP contribution in [0, 0.1) is 0 Å². The van der Waals surface area contributed by atoms with E-state index in [1.165, 1.54) is 0 Å². The Kier molecular flexibility index (Phi) is 2.04. The van der Waals surface area contributed by atoms with Crippen molar-refractivity contribution in [3.05, 3.63) is 29.8 Å². The Hall–Kier alpha value is -0.960. The lowest BCUT2D eigenvalue weighted by molar-refractivity contribution is 0.0977. The van der Waals surface area contributed by atoms with Crippen LogP contribution >= 0.6 is 0 Å². The Morgan fingerprint density at radius 2 is 2.08 bits per heavy atom. The second kappa shape index (κ2) is 3.07. The van der Waals surface area contributed by atoms with Gasteiger partial charge in [0, 0.05) is 22.1 Å². The number of fused-ring (bicyclic) bond motifs is 1. The Balaban J connectivity index is 2.60. The largest absolute Gasteiger partial charge is 0.294 e. The predicted molar refractivity (Wildman–Crippen MR) is 51.3 cm³/mol. The molecule has 0 spiro atoms. The Morgan fingerprint density at radius 1 is 1.38 bits per heavy atom. The van der Waals surface area contributed by atoms with E-state index in [-0.39, 0.29) is 11.0 Å². The zero-order valence-corrected chi connectivity index (χ0v) is 8.14. The molecule has 0 unspecified atom stereocenters. The summed E-state index contributed by atoms with van der Waals surface area (Å²) in [7, 11) is -1.00. The van der Waals surface area contributed by atoms with E-state index in [1.807, 2.05) is 19.1 Å². The third kappa shape index (κ3) is 1.33. The molecule has 2 rings (SSSR count). The van der Waals surface area contributed by atoms with Crippen LogP contribution < -0.4 is 0 Å². The van der Waals surface area contributed by atoms with Gasteiger partial charge in [-0.05, 0) is 6.07 Å². The SMILES string of the molecule is C[C@H]1CC(=O)c2ccccc2[S@@]1=O. The van der Waals surface area contributed by atoms with E-state index in [0.29, 0.717) is 16.9 Å². The molecule has 0 fully saturated rings. The molecule has 1 aromatic carbocycles. The lowest BCUT2D eigenvalue weighted by Crippen LogP contribution is -2.24. The molecule has 0 aliphatic carbocycles. The third-order valence-electron chi connectivity index (χ3n) is 2.24. The van der Waals surface area contributed by atoms with Crippen LogP contribution in [0.15, 0.2) is 29.2 Å². The van der Waals surface area contributed by atoms with Crippen molar-refractivity contribution in [2.24, 2.45) is 0 Å². The van der Waals surface area contributed by atoms with Gasteiger partial charge in [-0.2, -0.15) is 0 Å². The number of Topliss-reactive ketones (excluding diaryl/α,β-unsaturated/α-hetero) is 1. The molecule has 0 bridgehead atoms. The fraction of sp³-hybridized carbons (Fsp3) is 0.300. The fourth-order valence-corrected chi connectivity index (χ4v) is 2.88. The van der Waals surface area contributed by atoms with Gasteiger partial charge in [-0.1, -0.05) is 25.1 Å². The van der Waals surface area contributed by atoms with Crippen molar-refractivity contribution in [2.75, 3.05) is 0 Å². The van der Waals surface area contributed by atoms with Crippen LogP contribution in [0.5, 0.6) is 0 Å². The molecular weight excluding hydrogens is 184 g/mol.